The first-order chi connectivity index (χ1) is 13.2. The normalized spacial score (nSPS) is 21.5. The van der Waals surface area contributed by atoms with Crippen LogP contribution in [-0.4, -0.2) is 39.5 Å². The second-order valence-corrected chi connectivity index (χ2v) is 9.04. The molecule has 0 spiro atoms. The fraction of sp³-hybridized carbons (Fsp3) is 0.571. The molecule has 1 fully saturated rings. The molecule has 0 radical (unpaired) electrons. The number of rotatable bonds is 5. The number of piperidine rings is 1. The van der Waals surface area contributed by atoms with E-state index in [9.17, 15) is 0 Å². The Morgan fingerprint density at radius 3 is 2.67 bits per heavy atom. The molecule has 5 nitrogen and oxygen atoms in total. The van der Waals surface area contributed by atoms with E-state index < -0.39 is 0 Å². The van der Waals surface area contributed by atoms with E-state index in [0.717, 1.165) is 28.3 Å². The number of aryl methyl sites for hydroxylation is 2. The van der Waals surface area contributed by atoms with Crippen LogP contribution in [0.15, 0.2) is 24.5 Å². The number of thiazole rings is 1. The van der Waals surface area contributed by atoms with E-state index in [-0.39, 0.29) is 0 Å². The van der Waals surface area contributed by atoms with Crippen molar-refractivity contribution < 1.29 is 0 Å². The van der Waals surface area contributed by atoms with Crippen molar-refractivity contribution >= 4 is 22.3 Å². The lowest BCUT2D eigenvalue weighted by molar-refractivity contribution is 0.176. The molecule has 1 atom stereocenters. The highest BCUT2D eigenvalue weighted by atomic mass is 32.1. The quantitative estimate of drug-likeness (QED) is 0.750. The number of allylic oxidation sites excluding steroid dienone is 2. The number of likely N-dealkylation sites (tertiary alicyclic amines) is 1. The molecule has 1 aliphatic carbocycles. The molecule has 144 valence electrons. The number of hydrogen-bond acceptors (Lipinski definition) is 6. The van der Waals surface area contributed by atoms with Gasteiger partial charge < -0.3 is 10.2 Å². The van der Waals surface area contributed by atoms with Crippen LogP contribution in [0.1, 0.15) is 54.3 Å². The number of nitrogens with one attached hydrogen (secondary N) is 1. The predicted octanol–water partition coefficient (Wildman–Crippen LogP) is 4.83. The molecule has 0 aromatic carbocycles. The first kappa shape index (κ1) is 18.6. The van der Waals surface area contributed by atoms with E-state index >= 15 is 0 Å². The van der Waals surface area contributed by atoms with Gasteiger partial charge in [0.1, 0.15) is 0 Å². The number of aromatic nitrogens is 3. The van der Waals surface area contributed by atoms with Crippen molar-refractivity contribution in [3.8, 4) is 0 Å². The monoisotopic (exact) mass is 383 g/mol. The van der Waals surface area contributed by atoms with Gasteiger partial charge in [-0.25, -0.2) is 9.97 Å². The average molecular weight is 384 g/mol. The summed E-state index contributed by atoms with van der Waals surface area (Å²) < 4.78 is 0. The Hall–Kier alpha value is -1.79. The highest BCUT2D eigenvalue weighted by Gasteiger charge is 2.24. The molecule has 1 saturated heterocycles. The minimum absolute atomic E-state index is 0.515. The Balaban J connectivity index is 1.33. The maximum atomic E-state index is 4.84. The molecule has 0 bridgehead atoms. The minimum atomic E-state index is 0.515. The van der Waals surface area contributed by atoms with Crippen LogP contribution in [0, 0.1) is 19.8 Å². The van der Waals surface area contributed by atoms with Gasteiger partial charge in [0.05, 0.1) is 17.6 Å². The molecule has 6 heteroatoms. The third-order valence-corrected chi connectivity index (χ3v) is 6.80. The molecule has 1 aliphatic heterocycles. The number of nitrogens with zero attached hydrogens (tertiary/aromatic N) is 4. The molecule has 3 heterocycles. The zero-order chi connectivity index (χ0) is 18.6. The van der Waals surface area contributed by atoms with E-state index in [1.165, 1.54) is 56.6 Å². The minimum Gasteiger partial charge on any atom is -0.315 e. The maximum absolute atomic E-state index is 4.84. The maximum Gasteiger partial charge on any atom is 0.188 e. The van der Waals surface area contributed by atoms with Crippen LogP contribution in [0.5, 0.6) is 0 Å². The van der Waals surface area contributed by atoms with E-state index in [2.05, 4.69) is 39.3 Å². The molecule has 1 unspecified atom stereocenters. The summed E-state index contributed by atoms with van der Waals surface area (Å²) in [7, 11) is 0. The summed E-state index contributed by atoms with van der Waals surface area (Å²) in [5, 5.41) is 4.22. The van der Waals surface area contributed by atoms with E-state index in [4.69, 9.17) is 4.98 Å². The zero-order valence-corrected chi connectivity index (χ0v) is 17.1. The summed E-state index contributed by atoms with van der Waals surface area (Å²) in [6, 6.07) is 0. The lowest BCUT2D eigenvalue weighted by Gasteiger charge is -2.34. The Morgan fingerprint density at radius 2 is 1.96 bits per heavy atom. The van der Waals surface area contributed by atoms with E-state index in [1.807, 2.05) is 13.1 Å². The summed E-state index contributed by atoms with van der Waals surface area (Å²) in [4.78, 5) is 17.7. The van der Waals surface area contributed by atoms with Crippen molar-refractivity contribution in [2.45, 2.75) is 51.9 Å². The molecule has 2 aromatic rings. The summed E-state index contributed by atoms with van der Waals surface area (Å²) in [5.74, 6) is 2.17. The number of hydrogen-bond donors (Lipinski definition) is 1. The van der Waals surface area contributed by atoms with Crippen molar-refractivity contribution in [1.29, 1.82) is 0 Å². The standard InChI is InChI=1S/C21H29N5S/c1-15-16(2)27-21(23-15)25-20-13-22-12-19(24-20)18-8-10-26(11-9-18)14-17-6-4-3-5-7-17/h3-4,12-13,17-18H,5-11,14H2,1-2H3,(H,23,24,25). The number of anilines is 2. The Labute approximate surface area is 166 Å². The fourth-order valence-electron chi connectivity index (χ4n) is 4.07. The Morgan fingerprint density at radius 1 is 1.11 bits per heavy atom. The van der Waals surface area contributed by atoms with Gasteiger partial charge in [-0.2, -0.15) is 0 Å². The highest BCUT2D eigenvalue weighted by Crippen LogP contribution is 2.30. The zero-order valence-electron chi connectivity index (χ0n) is 16.3. The van der Waals surface area contributed by atoms with Crippen LogP contribution in [-0.2, 0) is 0 Å². The molecule has 27 heavy (non-hydrogen) atoms. The van der Waals surface area contributed by atoms with Gasteiger partial charge in [0.15, 0.2) is 10.9 Å². The first-order valence-corrected chi connectivity index (χ1v) is 10.9. The third kappa shape index (κ3) is 4.74. The molecule has 0 amide bonds. The van der Waals surface area contributed by atoms with Gasteiger partial charge in [0.25, 0.3) is 0 Å². The van der Waals surface area contributed by atoms with Crippen LogP contribution in [0.2, 0.25) is 0 Å². The summed E-state index contributed by atoms with van der Waals surface area (Å²) in [6.07, 6.45) is 14.6. The Kier molecular flexibility index (Phi) is 5.83. The molecule has 0 saturated carbocycles. The molecular weight excluding hydrogens is 354 g/mol. The van der Waals surface area contributed by atoms with Crippen LogP contribution < -0.4 is 5.32 Å². The van der Waals surface area contributed by atoms with Crippen molar-refractivity contribution in [3.63, 3.8) is 0 Å². The van der Waals surface area contributed by atoms with Crippen LogP contribution >= 0.6 is 11.3 Å². The summed E-state index contributed by atoms with van der Waals surface area (Å²) >= 11 is 1.67. The van der Waals surface area contributed by atoms with Gasteiger partial charge in [0, 0.05) is 23.5 Å². The summed E-state index contributed by atoms with van der Waals surface area (Å²) in [5.41, 5.74) is 2.19. The molecule has 4 rings (SSSR count). The third-order valence-electron chi connectivity index (χ3n) is 5.82. The molecule has 1 N–H and O–H groups in total. The predicted molar refractivity (Wildman–Crippen MR) is 112 cm³/mol. The second kappa shape index (κ2) is 8.48. The van der Waals surface area contributed by atoms with Crippen LogP contribution in [0.3, 0.4) is 0 Å². The van der Waals surface area contributed by atoms with Gasteiger partial charge in [-0.3, -0.25) is 4.98 Å². The Bertz CT molecular complexity index is 772. The average Bonchev–Trinajstić information content (AvgIpc) is 3.00. The molecule has 2 aromatic heterocycles. The van der Waals surface area contributed by atoms with Crippen molar-refractivity contribution in [3.05, 3.63) is 40.8 Å². The highest BCUT2D eigenvalue weighted by molar-refractivity contribution is 7.15. The van der Waals surface area contributed by atoms with E-state index in [1.54, 1.807) is 17.5 Å². The summed E-state index contributed by atoms with van der Waals surface area (Å²) in [6.45, 7) is 7.74. The first-order valence-electron chi connectivity index (χ1n) is 10.1. The second-order valence-electron chi connectivity index (χ2n) is 7.84. The van der Waals surface area contributed by atoms with Crippen LogP contribution in [0.25, 0.3) is 0 Å². The SMILES string of the molecule is Cc1nc(Nc2cncc(C3CCN(CC4CC=CCC4)CC3)n2)sc1C. The smallest absolute Gasteiger partial charge is 0.188 e. The van der Waals surface area contributed by atoms with Crippen molar-refractivity contribution in [2.24, 2.45) is 5.92 Å². The van der Waals surface area contributed by atoms with Gasteiger partial charge in [-0.1, -0.05) is 12.2 Å². The van der Waals surface area contributed by atoms with Gasteiger partial charge in [-0.05, 0) is 65.0 Å². The van der Waals surface area contributed by atoms with E-state index in [0.29, 0.717) is 5.92 Å². The van der Waals surface area contributed by atoms with Crippen molar-refractivity contribution in [1.82, 2.24) is 19.9 Å². The topological polar surface area (TPSA) is 53.9 Å². The van der Waals surface area contributed by atoms with Gasteiger partial charge in [0.2, 0.25) is 0 Å². The largest absolute Gasteiger partial charge is 0.315 e. The lowest BCUT2D eigenvalue weighted by Crippen LogP contribution is -2.37. The lowest BCUT2D eigenvalue weighted by atomic mass is 9.90. The van der Waals surface area contributed by atoms with Gasteiger partial charge in [-0.15, -0.1) is 11.3 Å². The van der Waals surface area contributed by atoms with Gasteiger partial charge >= 0.3 is 0 Å². The molecule has 2 aliphatic rings. The van der Waals surface area contributed by atoms with Crippen LogP contribution in [0.4, 0.5) is 10.9 Å². The fourth-order valence-corrected chi connectivity index (χ4v) is 4.89. The molecular formula is C21H29N5S. The van der Waals surface area contributed by atoms with Crippen molar-refractivity contribution in [2.75, 3.05) is 25.0 Å².